The maximum absolute atomic E-state index is 12.3. The Morgan fingerprint density at radius 3 is 2.09 bits per heavy atom. The first-order valence-electron chi connectivity index (χ1n) is 8.53. The molecule has 0 aliphatic rings. The highest BCUT2D eigenvalue weighted by Gasteiger charge is 2.28. The number of ketones is 1. The van der Waals surface area contributed by atoms with Gasteiger partial charge in [-0.1, -0.05) is 27.7 Å². The minimum atomic E-state index is -0.710. The zero-order valence-corrected chi connectivity index (χ0v) is 15.9. The normalized spacial score (nSPS) is 11.3. The molecule has 2 amide bonds. The van der Waals surface area contributed by atoms with Crippen LogP contribution in [0, 0.1) is 0 Å². The van der Waals surface area contributed by atoms with Gasteiger partial charge in [-0.05, 0) is 20.5 Å². The average Bonchev–Trinajstić information content (AvgIpc) is 2.53. The highest BCUT2D eigenvalue weighted by molar-refractivity contribution is 5.92. The molecule has 0 aliphatic carbocycles. The monoisotopic (exact) mass is 331 g/mol. The summed E-state index contributed by atoms with van der Waals surface area (Å²) in [6, 6.07) is -0.710. The van der Waals surface area contributed by atoms with E-state index >= 15 is 0 Å². The number of carbonyl (C=O) groups excluding carboxylic acids is 3. The van der Waals surface area contributed by atoms with E-state index in [2.05, 4.69) is 5.32 Å². The Bertz CT molecular complexity index is 363. The summed E-state index contributed by atoms with van der Waals surface area (Å²) in [6.45, 7) is 8.89. The van der Waals surface area contributed by atoms with E-state index in [1.54, 1.807) is 14.0 Å². The molecule has 0 spiro atoms. The molecule has 0 saturated heterocycles. The molecule has 0 aromatic heterocycles. The first-order valence-corrected chi connectivity index (χ1v) is 8.53. The van der Waals surface area contributed by atoms with Crippen LogP contribution in [0.25, 0.3) is 0 Å². The molecule has 6 heteroatoms. The van der Waals surface area contributed by atoms with Gasteiger partial charge in [0.15, 0.2) is 0 Å². The minimum absolute atomic E-state index is 0. The van der Waals surface area contributed by atoms with Crippen LogP contribution in [-0.2, 0) is 14.4 Å². The zero-order valence-electron chi connectivity index (χ0n) is 15.9. The van der Waals surface area contributed by atoms with Gasteiger partial charge in [0.05, 0.1) is 0 Å². The molecule has 0 aromatic rings. The Morgan fingerprint density at radius 1 is 1.09 bits per heavy atom. The molecule has 0 fully saturated rings. The van der Waals surface area contributed by atoms with E-state index in [4.69, 9.17) is 0 Å². The Balaban J connectivity index is -0.00000141. The van der Waals surface area contributed by atoms with Crippen LogP contribution < -0.4 is 5.32 Å². The summed E-state index contributed by atoms with van der Waals surface area (Å²) in [7, 11) is 5.43. The van der Waals surface area contributed by atoms with Crippen LogP contribution in [0.3, 0.4) is 0 Å². The molecule has 0 rings (SSSR count). The largest absolute Gasteiger partial charge is 0.353 e. The molecular weight excluding hydrogens is 294 g/mol. The molecule has 23 heavy (non-hydrogen) atoms. The third kappa shape index (κ3) is 10.8. The van der Waals surface area contributed by atoms with E-state index in [0.717, 1.165) is 6.42 Å². The number of likely N-dealkylation sites (N-methyl/N-ethyl adjacent to an activating group) is 2. The maximum atomic E-state index is 12.3. The van der Waals surface area contributed by atoms with E-state index in [-0.39, 0.29) is 25.4 Å². The lowest BCUT2D eigenvalue weighted by atomic mass is 10.1. The fourth-order valence-corrected chi connectivity index (χ4v) is 1.85. The standard InChI is InChI=1S/C15H29N3O3.C2H6.H2/c1-6-8-14(20)18(5)13(11-12(19)7-2)15(21)16-9-10-17(3)4;1-2;/h13H,6-11H2,1-5H3,(H,16,21);1-2H3;1H. The van der Waals surface area contributed by atoms with E-state index in [1.165, 1.54) is 4.90 Å². The molecule has 1 unspecified atom stereocenters. The third-order valence-electron chi connectivity index (χ3n) is 3.30. The third-order valence-corrected chi connectivity index (χ3v) is 3.30. The van der Waals surface area contributed by atoms with Crippen molar-refractivity contribution in [3.8, 4) is 0 Å². The second kappa shape index (κ2) is 14.2. The number of rotatable bonds is 10. The second-order valence-corrected chi connectivity index (χ2v) is 5.46. The number of amides is 2. The van der Waals surface area contributed by atoms with Crippen molar-refractivity contribution in [3.05, 3.63) is 0 Å². The molecule has 0 saturated carbocycles. The van der Waals surface area contributed by atoms with E-state index < -0.39 is 6.04 Å². The molecule has 0 bridgehead atoms. The van der Waals surface area contributed by atoms with Crippen LogP contribution >= 0.6 is 0 Å². The van der Waals surface area contributed by atoms with Gasteiger partial charge in [-0.2, -0.15) is 0 Å². The highest BCUT2D eigenvalue weighted by atomic mass is 16.2. The Morgan fingerprint density at radius 2 is 1.65 bits per heavy atom. The summed E-state index contributed by atoms with van der Waals surface area (Å²) in [6.07, 6.45) is 1.56. The van der Waals surface area contributed by atoms with Crippen molar-refractivity contribution >= 4 is 17.6 Å². The molecule has 0 aromatic carbocycles. The zero-order chi connectivity index (χ0) is 18.4. The van der Waals surface area contributed by atoms with Crippen LogP contribution in [0.2, 0.25) is 0 Å². The van der Waals surface area contributed by atoms with Crippen molar-refractivity contribution in [3.63, 3.8) is 0 Å². The van der Waals surface area contributed by atoms with Gasteiger partial charge in [0.1, 0.15) is 11.8 Å². The Hall–Kier alpha value is -1.43. The number of hydrogen-bond donors (Lipinski definition) is 1. The second-order valence-electron chi connectivity index (χ2n) is 5.46. The first kappa shape index (κ1) is 23.8. The highest BCUT2D eigenvalue weighted by Crippen LogP contribution is 2.08. The number of carbonyl (C=O) groups is 3. The van der Waals surface area contributed by atoms with E-state index in [0.29, 0.717) is 25.9 Å². The van der Waals surface area contributed by atoms with Crippen molar-refractivity contribution in [2.24, 2.45) is 0 Å². The molecule has 138 valence electrons. The van der Waals surface area contributed by atoms with Gasteiger partial charge in [0.25, 0.3) is 0 Å². The smallest absolute Gasteiger partial charge is 0.243 e. The molecule has 0 heterocycles. The van der Waals surface area contributed by atoms with Gasteiger partial charge < -0.3 is 15.1 Å². The Kier molecular flexibility index (Phi) is 14.7. The number of hydrogen-bond acceptors (Lipinski definition) is 4. The fraction of sp³-hybridized carbons (Fsp3) is 0.824. The van der Waals surface area contributed by atoms with Crippen LogP contribution in [0.1, 0.15) is 54.8 Å². The van der Waals surface area contributed by atoms with Gasteiger partial charge in [-0.25, -0.2) is 0 Å². The molecule has 0 aliphatic heterocycles. The number of nitrogens with zero attached hydrogens (tertiary/aromatic N) is 2. The van der Waals surface area contributed by atoms with Crippen LogP contribution in [-0.4, -0.2) is 67.7 Å². The lowest BCUT2D eigenvalue weighted by molar-refractivity contribution is -0.140. The predicted molar refractivity (Wildman–Crippen MR) is 96.4 cm³/mol. The molecule has 1 atom stereocenters. The van der Waals surface area contributed by atoms with E-state index in [9.17, 15) is 14.4 Å². The van der Waals surface area contributed by atoms with Crippen LogP contribution in [0.4, 0.5) is 0 Å². The lowest BCUT2D eigenvalue weighted by Crippen LogP contribution is -2.49. The maximum Gasteiger partial charge on any atom is 0.243 e. The minimum Gasteiger partial charge on any atom is -0.353 e. The summed E-state index contributed by atoms with van der Waals surface area (Å²) in [4.78, 5) is 39.2. The van der Waals surface area contributed by atoms with Crippen molar-refractivity contribution in [2.75, 3.05) is 34.2 Å². The molecule has 1 N–H and O–H groups in total. The van der Waals surface area contributed by atoms with Gasteiger partial charge in [0, 0.05) is 40.8 Å². The van der Waals surface area contributed by atoms with Gasteiger partial charge >= 0.3 is 0 Å². The summed E-state index contributed by atoms with van der Waals surface area (Å²) in [5, 5.41) is 2.79. The number of Topliss-reactive ketones (excluding diaryl/α,β-unsaturated/α-hetero) is 1. The molecule has 0 radical (unpaired) electrons. The van der Waals surface area contributed by atoms with Gasteiger partial charge in [0.2, 0.25) is 11.8 Å². The van der Waals surface area contributed by atoms with Gasteiger partial charge in [-0.15, -0.1) is 0 Å². The Labute approximate surface area is 143 Å². The lowest BCUT2D eigenvalue weighted by Gasteiger charge is -2.27. The predicted octanol–water partition coefficient (Wildman–Crippen LogP) is 1.93. The summed E-state index contributed by atoms with van der Waals surface area (Å²) < 4.78 is 0. The summed E-state index contributed by atoms with van der Waals surface area (Å²) >= 11 is 0. The average molecular weight is 332 g/mol. The summed E-state index contributed by atoms with van der Waals surface area (Å²) in [5.74, 6) is -0.376. The molecule has 6 nitrogen and oxygen atoms in total. The summed E-state index contributed by atoms with van der Waals surface area (Å²) in [5.41, 5.74) is 0. The SMILES string of the molecule is CC.CCCC(=O)N(C)C(CC(=O)CC)C(=O)NCCN(C)C.[HH]. The quantitative estimate of drug-likeness (QED) is 0.664. The van der Waals surface area contributed by atoms with Crippen molar-refractivity contribution in [1.29, 1.82) is 0 Å². The topological polar surface area (TPSA) is 69.7 Å². The van der Waals surface area contributed by atoms with Crippen LogP contribution in [0.15, 0.2) is 0 Å². The number of nitrogens with one attached hydrogen (secondary N) is 1. The fourth-order valence-electron chi connectivity index (χ4n) is 1.85. The first-order chi connectivity index (χ1) is 10.8. The van der Waals surface area contributed by atoms with Crippen molar-refractivity contribution in [2.45, 2.75) is 59.4 Å². The van der Waals surface area contributed by atoms with Crippen LogP contribution in [0.5, 0.6) is 0 Å². The van der Waals surface area contributed by atoms with Gasteiger partial charge in [-0.3, -0.25) is 14.4 Å². The van der Waals surface area contributed by atoms with E-state index in [1.807, 2.05) is 39.8 Å². The van der Waals surface area contributed by atoms with Crippen molar-refractivity contribution in [1.82, 2.24) is 15.1 Å². The van der Waals surface area contributed by atoms with Crippen molar-refractivity contribution < 1.29 is 15.8 Å². The molecular formula is C17H37N3O3.